The summed E-state index contributed by atoms with van der Waals surface area (Å²) >= 11 is 1.48. The van der Waals surface area contributed by atoms with Crippen LogP contribution in [-0.4, -0.2) is 20.3 Å². The average Bonchev–Trinajstić information content (AvgIpc) is 2.96. The summed E-state index contributed by atoms with van der Waals surface area (Å²) in [6.45, 7) is 3.92. The molecule has 96 valence electrons. The van der Waals surface area contributed by atoms with E-state index in [-0.39, 0.29) is 5.91 Å². The van der Waals surface area contributed by atoms with Crippen molar-refractivity contribution in [3.05, 3.63) is 47.0 Å². The van der Waals surface area contributed by atoms with Gasteiger partial charge in [-0.15, -0.1) is 11.3 Å². The smallest absolute Gasteiger partial charge is 0.257 e. The predicted octanol–water partition coefficient (Wildman–Crippen LogP) is 2.66. The number of hydrogen-bond acceptors (Lipinski definition) is 4. The number of aromatic nitrogens is 3. The van der Waals surface area contributed by atoms with Crippen LogP contribution >= 0.6 is 11.3 Å². The third-order valence-electron chi connectivity index (χ3n) is 2.93. The summed E-state index contributed by atoms with van der Waals surface area (Å²) in [5.41, 5.74) is 2.43. The monoisotopic (exact) mass is 272 g/mol. The second-order valence-electron chi connectivity index (χ2n) is 4.26. The predicted molar refractivity (Wildman–Crippen MR) is 74.7 cm³/mol. The Labute approximate surface area is 113 Å². The van der Waals surface area contributed by atoms with Crippen molar-refractivity contribution >= 4 is 27.9 Å². The zero-order valence-corrected chi connectivity index (χ0v) is 11.4. The van der Waals surface area contributed by atoms with Crippen LogP contribution < -0.4 is 5.32 Å². The quantitative estimate of drug-likeness (QED) is 0.780. The van der Waals surface area contributed by atoms with Crippen molar-refractivity contribution in [1.29, 1.82) is 0 Å². The van der Waals surface area contributed by atoms with Gasteiger partial charge in [-0.2, -0.15) is 0 Å². The highest BCUT2D eigenvalue weighted by molar-refractivity contribution is 7.15. The number of nitrogens with zero attached hydrogens (tertiary/aromatic N) is 3. The van der Waals surface area contributed by atoms with Gasteiger partial charge in [-0.3, -0.25) is 10.1 Å². The zero-order valence-electron chi connectivity index (χ0n) is 10.5. The molecule has 0 bridgehead atoms. The lowest BCUT2D eigenvalue weighted by Gasteiger charge is -2.02. The minimum atomic E-state index is -0.155. The highest BCUT2D eigenvalue weighted by atomic mass is 32.1. The number of rotatable bonds is 2. The first kappa shape index (κ1) is 11.9. The topological polar surface area (TPSA) is 59.3 Å². The van der Waals surface area contributed by atoms with Crippen LogP contribution in [0.1, 0.15) is 20.9 Å². The molecule has 0 unspecified atom stereocenters. The molecule has 3 rings (SSSR count). The Hall–Kier alpha value is -2.21. The van der Waals surface area contributed by atoms with Crippen LogP contribution in [-0.2, 0) is 0 Å². The van der Waals surface area contributed by atoms with E-state index in [0.717, 1.165) is 16.1 Å². The number of nitrogens with one attached hydrogen (secondary N) is 1. The summed E-state index contributed by atoms with van der Waals surface area (Å²) in [4.78, 5) is 21.6. The molecule has 0 aliphatic carbocycles. The number of aryl methyl sites for hydroxylation is 2. The molecular formula is C13H12N4OS. The summed E-state index contributed by atoms with van der Waals surface area (Å²) < 4.78 is 1.86. The largest absolute Gasteiger partial charge is 0.306 e. The van der Waals surface area contributed by atoms with Crippen molar-refractivity contribution < 1.29 is 4.79 Å². The summed E-state index contributed by atoms with van der Waals surface area (Å²) in [5.74, 6) is -0.155. The summed E-state index contributed by atoms with van der Waals surface area (Å²) in [5, 5.41) is 3.45. The molecule has 0 aliphatic rings. The number of imidazole rings is 1. The van der Waals surface area contributed by atoms with E-state index >= 15 is 0 Å². The molecular weight excluding hydrogens is 260 g/mol. The van der Waals surface area contributed by atoms with Gasteiger partial charge >= 0.3 is 0 Å². The molecule has 5 nitrogen and oxygen atoms in total. The van der Waals surface area contributed by atoms with Gasteiger partial charge in [0.1, 0.15) is 0 Å². The highest BCUT2D eigenvalue weighted by Crippen LogP contribution is 2.21. The first-order valence-corrected chi connectivity index (χ1v) is 6.62. The van der Waals surface area contributed by atoms with Gasteiger partial charge in [0.2, 0.25) is 0 Å². The van der Waals surface area contributed by atoms with E-state index in [1.165, 1.54) is 11.3 Å². The lowest BCUT2D eigenvalue weighted by Crippen LogP contribution is -2.11. The van der Waals surface area contributed by atoms with E-state index in [2.05, 4.69) is 15.3 Å². The van der Waals surface area contributed by atoms with Crippen LogP contribution in [0.4, 0.5) is 5.13 Å². The molecule has 0 atom stereocenters. The second kappa shape index (κ2) is 4.47. The Morgan fingerprint density at radius 1 is 1.42 bits per heavy atom. The summed E-state index contributed by atoms with van der Waals surface area (Å²) in [6.07, 6.45) is 5.23. The number of anilines is 1. The van der Waals surface area contributed by atoms with Crippen molar-refractivity contribution in [2.24, 2.45) is 0 Å². The first-order chi connectivity index (χ1) is 9.13. The van der Waals surface area contributed by atoms with Crippen LogP contribution in [0.2, 0.25) is 0 Å². The van der Waals surface area contributed by atoms with Gasteiger partial charge in [-0.1, -0.05) is 0 Å². The van der Waals surface area contributed by atoms with Crippen molar-refractivity contribution in [3.63, 3.8) is 0 Å². The standard InChI is InChI=1S/C13H12N4OS/c1-8-9(2)19-13(15-8)16-12(18)10-3-4-17-7-14-6-11(17)5-10/h3-7H,1-2H3,(H,15,16,18). The van der Waals surface area contributed by atoms with Gasteiger partial charge in [-0.25, -0.2) is 9.97 Å². The van der Waals surface area contributed by atoms with E-state index in [1.54, 1.807) is 24.7 Å². The summed E-state index contributed by atoms with van der Waals surface area (Å²) in [7, 11) is 0. The zero-order chi connectivity index (χ0) is 13.4. The van der Waals surface area contributed by atoms with Crippen LogP contribution in [0.25, 0.3) is 5.52 Å². The maximum Gasteiger partial charge on any atom is 0.257 e. The second-order valence-corrected chi connectivity index (χ2v) is 5.46. The third-order valence-corrected chi connectivity index (χ3v) is 3.91. The van der Waals surface area contributed by atoms with Crippen LogP contribution in [0.3, 0.4) is 0 Å². The maximum atomic E-state index is 12.1. The molecule has 0 aromatic carbocycles. The first-order valence-electron chi connectivity index (χ1n) is 5.80. The lowest BCUT2D eigenvalue weighted by atomic mass is 10.2. The van der Waals surface area contributed by atoms with Crippen molar-refractivity contribution in [2.75, 3.05) is 5.32 Å². The Bertz CT molecular complexity index is 739. The van der Waals surface area contributed by atoms with Crippen LogP contribution in [0.15, 0.2) is 30.9 Å². The number of carbonyl (C=O) groups is 1. The van der Waals surface area contributed by atoms with E-state index in [9.17, 15) is 4.79 Å². The number of thiazole rings is 1. The van der Waals surface area contributed by atoms with E-state index in [0.29, 0.717) is 10.7 Å². The number of fused-ring (bicyclic) bond motifs is 1. The number of hydrogen-bond donors (Lipinski definition) is 1. The van der Waals surface area contributed by atoms with Gasteiger partial charge in [-0.05, 0) is 26.0 Å². The SMILES string of the molecule is Cc1nc(NC(=O)c2ccn3cncc3c2)sc1C. The fraction of sp³-hybridized carbons (Fsp3) is 0.154. The fourth-order valence-electron chi connectivity index (χ4n) is 1.76. The molecule has 0 saturated carbocycles. The van der Waals surface area contributed by atoms with Crippen molar-refractivity contribution in [1.82, 2.24) is 14.4 Å². The fourth-order valence-corrected chi connectivity index (χ4v) is 2.57. The number of carbonyl (C=O) groups excluding carboxylic acids is 1. The lowest BCUT2D eigenvalue weighted by molar-refractivity contribution is 0.102. The molecule has 6 heteroatoms. The molecule has 0 fully saturated rings. The van der Waals surface area contributed by atoms with Crippen LogP contribution in [0.5, 0.6) is 0 Å². The van der Waals surface area contributed by atoms with E-state index in [1.807, 2.05) is 24.4 Å². The Kier molecular flexibility index (Phi) is 2.79. The van der Waals surface area contributed by atoms with Gasteiger partial charge in [0.15, 0.2) is 5.13 Å². The number of amides is 1. The van der Waals surface area contributed by atoms with E-state index in [4.69, 9.17) is 0 Å². The molecule has 3 aromatic heterocycles. The molecule has 3 heterocycles. The summed E-state index contributed by atoms with van der Waals surface area (Å²) in [6, 6.07) is 3.56. The van der Waals surface area contributed by atoms with Gasteiger partial charge in [0.05, 0.1) is 23.7 Å². The maximum absolute atomic E-state index is 12.1. The molecule has 3 aromatic rings. The minimum Gasteiger partial charge on any atom is -0.306 e. The van der Waals surface area contributed by atoms with Gasteiger partial charge in [0, 0.05) is 16.6 Å². The van der Waals surface area contributed by atoms with Gasteiger partial charge in [0.25, 0.3) is 5.91 Å². The number of pyridine rings is 1. The average molecular weight is 272 g/mol. The van der Waals surface area contributed by atoms with Crippen molar-refractivity contribution in [3.8, 4) is 0 Å². The molecule has 0 spiro atoms. The van der Waals surface area contributed by atoms with Gasteiger partial charge < -0.3 is 4.40 Å². The van der Waals surface area contributed by atoms with Crippen LogP contribution in [0, 0.1) is 13.8 Å². The normalized spacial score (nSPS) is 10.8. The van der Waals surface area contributed by atoms with Crippen molar-refractivity contribution in [2.45, 2.75) is 13.8 Å². The molecule has 1 amide bonds. The Morgan fingerprint density at radius 3 is 3.00 bits per heavy atom. The Morgan fingerprint density at radius 2 is 2.26 bits per heavy atom. The molecule has 0 saturated heterocycles. The molecule has 19 heavy (non-hydrogen) atoms. The molecule has 0 radical (unpaired) electrons. The highest BCUT2D eigenvalue weighted by Gasteiger charge is 2.10. The molecule has 1 N–H and O–H groups in total. The van der Waals surface area contributed by atoms with E-state index < -0.39 is 0 Å². The third kappa shape index (κ3) is 2.22. The Balaban J connectivity index is 1.86. The molecule has 0 aliphatic heterocycles. The minimum absolute atomic E-state index is 0.155.